The van der Waals surface area contributed by atoms with Gasteiger partial charge in [-0.1, -0.05) is 35.6 Å². The average Bonchev–Trinajstić information content (AvgIpc) is 2.89. The Hall–Kier alpha value is -2.47. The number of hydrogen-bond acceptors (Lipinski definition) is 5. The van der Waals surface area contributed by atoms with Crippen LogP contribution in [0.3, 0.4) is 0 Å². The second-order valence-electron chi connectivity index (χ2n) is 4.73. The second-order valence-corrected chi connectivity index (χ2v) is 5.17. The van der Waals surface area contributed by atoms with E-state index >= 15 is 0 Å². The number of nitrogens with zero attached hydrogens (tertiary/aromatic N) is 2. The van der Waals surface area contributed by atoms with E-state index in [9.17, 15) is 0 Å². The van der Waals surface area contributed by atoms with Gasteiger partial charge in [0, 0.05) is 11.5 Å². The molecule has 2 aromatic heterocycles. The first-order valence-electron chi connectivity index (χ1n) is 6.49. The zero-order valence-corrected chi connectivity index (χ0v) is 12.3. The van der Waals surface area contributed by atoms with Crippen molar-refractivity contribution in [2.45, 2.75) is 13.5 Å². The minimum Gasteiger partial charge on any atom is -0.389 e. The third-order valence-corrected chi connectivity index (χ3v) is 3.32. The lowest BCUT2D eigenvalue weighted by molar-refractivity contribution is 0.384. The van der Waals surface area contributed by atoms with E-state index in [1.807, 2.05) is 43.3 Å². The zero-order valence-electron chi connectivity index (χ0n) is 11.5. The van der Waals surface area contributed by atoms with Gasteiger partial charge in [0.1, 0.15) is 10.8 Å². The SMILES string of the molecule is Cc1cc(CNc2nc3ccccc3cc2C(N)=S)on1. The minimum absolute atomic E-state index is 0.310. The topological polar surface area (TPSA) is 77.0 Å². The van der Waals surface area contributed by atoms with Crippen LogP contribution in [0.25, 0.3) is 10.9 Å². The third-order valence-electron chi connectivity index (χ3n) is 3.10. The molecule has 3 N–H and O–H groups in total. The van der Waals surface area contributed by atoms with Crippen LogP contribution in [-0.4, -0.2) is 15.1 Å². The van der Waals surface area contributed by atoms with Crippen LogP contribution < -0.4 is 11.1 Å². The van der Waals surface area contributed by atoms with E-state index in [0.717, 1.165) is 27.9 Å². The number of para-hydroxylation sites is 1. The van der Waals surface area contributed by atoms with Crippen molar-refractivity contribution in [2.24, 2.45) is 5.73 Å². The zero-order chi connectivity index (χ0) is 14.8. The van der Waals surface area contributed by atoms with Gasteiger partial charge in [-0.3, -0.25) is 0 Å². The molecule has 0 amide bonds. The van der Waals surface area contributed by atoms with E-state index in [1.54, 1.807) is 0 Å². The van der Waals surface area contributed by atoms with Crippen molar-refractivity contribution in [1.82, 2.24) is 10.1 Å². The molecule has 5 nitrogen and oxygen atoms in total. The van der Waals surface area contributed by atoms with Gasteiger partial charge in [-0.25, -0.2) is 4.98 Å². The number of nitrogens with one attached hydrogen (secondary N) is 1. The van der Waals surface area contributed by atoms with Gasteiger partial charge in [0.05, 0.1) is 23.3 Å². The van der Waals surface area contributed by atoms with Gasteiger partial charge in [0.15, 0.2) is 5.76 Å². The summed E-state index contributed by atoms with van der Waals surface area (Å²) in [6.45, 7) is 2.35. The first-order valence-corrected chi connectivity index (χ1v) is 6.90. The Morgan fingerprint density at radius 3 is 2.86 bits per heavy atom. The first-order chi connectivity index (χ1) is 10.1. The minimum atomic E-state index is 0.310. The Morgan fingerprint density at radius 1 is 1.33 bits per heavy atom. The predicted octanol–water partition coefficient (Wildman–Crippen LogP) is 2.78. The number of rotatable bonds is 4. The van der Waals surface area contributed by atoms with Crippen molar-refractivity contribution in [3.8, 4) is 0 Å². The Bertz CT molecular complexity index is 812. The summed E-state index contributed by atoms with van der Waals surface area (Å²) in [5, 5.41) is 8.06. The van der Waals surface area contributed by atoms with Crippen molar-refractivity contribution in [1.29, 1.82) is 0 Å². The van der Waals surface area contributed by atoms with Gasteiger partial charge in [0.2, 0.25) is 0 Å². The molecule has 6 heteroatoms. The van der Waals surface area contributed by atoms with Crippen molar-refractivity contribution in [2.75, 3.05) is 5.32 Å². The fourth-order valence-corrected chi connectivity index (χ4v) is 2.26. The normalized spacial score (nSPS) is 10.7. The van der Waals surface area contributed by atoms with E-state index in [4.69, 9.17) is 22.5 Å². The number of nitrogens with two attached hydrogens (primary N) is 1. The molecule has 1 aromatic carbocycles. The van der Waals surface area contributed by atoms with E-state index < -0.39 is 0 Å². The van der Waals surface area contributed by atoms with Gasteiger partial charge in [-0.15, -0.1) is 0 Å². The predicted molar refractivity (Wildman–Crippen MR) is 86.2 cm³/mol. The smallest absolute Gasteiger partial charge is 0.156 e. The molecule has 3 rings (SSSR count). The summed E-state index contributed by atoms with van der Waals surface area (Å²) in [6, 6.07) is 11.6. The number of anilines is 1. The molecule has 0 saturated heterocycles. The number of thiocarbonyl (C=S) groups is 1. The Kier molecular flexibility index (Phi) is 3.53. The molecule has 21 heavy (non-hydrogen) atoms. The highest BCUT2D eigenvalue weighted by Gasteiger charge is 2.10. The van der Waals surface area contributed by atoms with Crippen LogP contribution in [0.4, 0.5) is 5.82 Å². The second kappa shape index (κ2) is 5.49. The summed E-state index contributed by atoms with van der Waals surface area (Å²) < 4.78 is 5.17. The first kappa shape index (κ1) is 13.5. The van der Waals surface area contributed by atoms with Crippen LogP contribution in [0.15, 0.2) is 40.9 Å². The number of benzene rings is 1. The van der Waals surface area contributed by atoms with Gasteiger partial charge in [-0.05, 0) is 19.1 Å². The molecule has 0 aliphatic heterocycles. The van der Waals surface area contributed by atoms with Crippen molar-refractivity contribution in [3.63, 3.8) is 0 Å². The summed E-state index contributed by atoms with van der Waals surface area (Å²) >= 11 is 5.11. The standard InChI is InChI=1S/C15H14N4OS/c1-9-6-11(20-19-9)8-17-15-12(14(16)21)7-10-4-2-3-5-13(10)18-15/h2-7H,8H2,1H3,(H2,16,21)(H,17,18). The lowest BCUT2D eigenvalue weighted by atomic mass is 10.1. The van der Waals surface area contributed by atoms with Crippen LogP contribution >= 0.6 is 12.2 Å². The van der Waals surface area contributed by atoms with Gasteiger partial charge >= 0.3 is 0 Å². The number of aryl methyl sites for hydroxylation is 1. The molecule has 0 radical (unpaired) electrons. The lowest BCUT2D eigenvalue weighted by Crippen LogP contribution is -2.14. The molecule has 106 valence electrons. The van der Waals surface area contributed by atoms with Gasteiger partial charge < -0.3 is 15.6 Å². The number of hydrogen-bond donors (Lipinski definition) is 2. The van der Waals surface area contributed by atoms with Crippen LogP contribution in [0.5, 0.6) is 0 Å². The molecule has 0 aliphatic rings. The third kappa shape index (κ3) is 2.85. The van der Waals surface area contributed by atoms with E-state index in [-0.39, 0.29) is 0 Å². The molecule has 0 aliphatic carbocycles. The van der Waals surface area contributed by atoms with Crippen molar-refractivity contribution < 1.29 is 4.52 Å². The molecule has 2 heterocycles. The van der Waals surface area contributed by atoms with E-state index in [2.05, 4.69) is 15.5 Å². The molecule has 0 atom stereocenters. The van der Waals surface area contributed by atoms with Crippen molar-refractivity contribution in [3.05, 3.63) is 53.4 Å². The molecule has 0 unspecified atom stereocenters. The molecule has 3 aromatic rings. The molecule has 0 saturated carbocycles. The quantitative estimate of drug-likeness (QED) is 0.721. The van der Waals surface area contributed by atoms with Crippen molar-refractivity contribution >= 4 is 33.9 Å². The summed E-state index contributed by atoms with van der Waals surface area (Å²) in [6.07, 6.45) is 0. The fourth-order valence-electron chi connectivity index (χ4n) is 2.11. The van der Waals surface area contributed by atoms with Crippen LogP contribution in [0.2, 0.25) is 0 Å². The number of pyridine rings is 1. The maximum absolute atomic E-state index is 5.79. The highest BCUT2D eigenvalue weighted by molar-refractivity contribution is 7.80. The van der Waals surface area contributed by atoms with E-state index in [0.29, 0.717) is 17.4 Å². The lowest BCUT2D eigenvalue weighted by Gasteiger charge is -2.10. The summed E-state index contributed by atoms with van der Waals surface area (Å²) in [5.41, 5.74) is 8.24. The van der Waals surface area contributed by atoms with Crippen LogP contribution in [-0.2, 0) is 6.54 Å². The fraction of sp³-hybridized carbons (Fsp3) is 0.133. The molecule has 0 fully saturated rings. The van der Waals surface area contributed by atoms with Gasteiger partial charge in [-0.2, -0.15) is 0 Å². The van der Waals surface area contributed by atoms with Gasteiger partial charge in [0.25, 0.3) is 0 Å². The number of fused-ring (bicyclic) bond motifs is 1. The molecule has 0 bridgehead atoms. The largest absolute Gasteiger partial charge is 0.389 e. The monoisotopic (exact) mass is 298 g/mol. The van der Waals surface area contributed by atoms with E-state index in [1.165, 1.54) is 0 Å². The summed E-state index contributed by atoms with van der Waals surface area (Å²) in [5.74, 6) is 1.38. The highest BCUT2D eigenvalue weighted by atomic mass is 32.1. The van der Waals surface area contributed by atoms with Crippen LogP contribution in [0, 0.1) is 6.92 Å². The van der Waals surface area contributed by atoms with Crippen LogP contribution in [0.1, 0.15) is 17.0 Å². The number of aromatic nitrogens is 2. The maximum atomic E-state index is 5.79. The Balaban J connectivity index is 1.95. The average molecular weight is 298 g/mol. The molecular formula is C15H14N4OS. The molecule has 0 spiro atoms. The highest BCUT2D eigenvalue weighted by Crippen LogP contribution is 2.21. The maximum Gasteiger partial charge on any atom is 0.156 e. The Labute approximate surface area is 127 Å². The Morgan fingerprint density at radius 2 is 2.14 bits per heavy atom. The summed E-state index contributed by atoms with van der Waals surface area (Å²) in [4.78, 5) is 4.89. The summed E-state index contributed by atoms with van der Waals surface area (Å²) in [7, 11) is 0. The molecular weight excluding hydrogens is 284 g/mol.